The molecule has 2 N–H and O–H groups in total. The van der Waals surface area contributed by atoms with Gasteiger partial charge in [-0.05, 0) is 55.1 Å². The summed E-state index contributed by atoms with van der Waals surface area (Å²) in [4.78, 5) is 17.2. The van der Waals surface area contributed by atoms with Crippen LogP contribution in [0.15, 0.2) is 72.8 Å². The van der Waals surface area contributed by atoms with Gasteiger partial charge in [0.1, 0.15) is 11.5 Å². The van der Waals surface area contributed by atoms with Crippen LogP contribution >= 0.6 is 0 Å². The molecule has 0 aliphatic rings. The maximum Gasteiger partial charge on any atom is 0.255 e. The highest BCUT2D eigenvalue weighted by molar-refractivity contribution is 5.97. The summed E-state index contributed by atoms with van der Waals surface area (Å²) in [5.41, 5.74) is 3.46. The van der Waals surface area contributed by atoms with Crippen LogP contribution in [0.25, 0.3) is 0 Å². The first-order valence-electron chi connectivity index (χ1n) is 11.3. The van der Waals surface area contributed by atoms with Gasteiger partial charge >= 0.3 is 0 Å². The number of aromatic hydroxyl groups is 1. The predicted octanol–water partition coefficient (Wildman–Crippen LogP) is 4.81. The van der Waals surface area contributed by atoms with E-state index in [1.165, 1.54) is 0 Å². The first-order chi connectivity index (χ1) is 16.0. The molecule has 3 rings (SSSR count). The third-order valence-corrected chi connectivity index (χ3v) is 5.69. The second-order valence-electron chi connectivity index (χ2n) is 7.76. The zero-order chi connectivity index (χ0) is 23.6. The van der Waals surface area contributed by atoms with E-state index in [2.05, 4.69) is 41.1 Å². The number of likely N-dealkylation sites (N-methyl/N-ethyl adjacent to an activating group) is 1. The number of carbonyl (C=O) groups excluding carboxylic acids is 1. The lowest BCUT2D eigenvalue weighted by Gasteiger charge is -2.26. The smallest absolute Gasteiger partial charge is 0.255 e. The highest BCUT2D eigenvalue weighted by atomic mass is 16.5. The number of benzene rings is 3. The molecule has 3 aromatic rings. The van der Waals surface area contributed by atoms with Crippen molar-refractivity contribution < 1.29 is 14.6 Å². The maximum atomic E-state index is 12.8. The Morgan fingerprint density at radius 2 is 1.61 bits per heavy atom. The molecule has 0 saturated heterocycles. The van der Waals surface area contributed by atoms with E-state index in [0.717, 1.165) is 36.6 Å². The average Bonchev–Trinajstić information content (AvgIpc) is 2.86. The van der Waals surface area contributed by atoms with E-state index >= 15 is 0 Å². The van der Waals surface area contributed by atoms with Crippen LogP contribution in [-0.4, -0.2) is 49.2 Å². The van der Waals surface area contributed by atoms with E-state index in [-0.39, 0.29) is 11.7 Å². The molecule has 6 nitrogen and oxygen atoms in total. The average molecular weight is 448 g/mol. The van der Waals surface area contributed by atoms with E-state index in [1.807, 2.05) is 42.5 Å². The molecule has 0 radical (unpaired) electrons. The number of rotatable bonds is 11. The topological polar surface area (TPSA) is 65.0 Å². The number of hydrogen-bond acceptors (Lipinski definition) is 5. The summed E-state index contributed by atoms with van der Waals surface area (Å²) in [6.07, 6.45) is 0. The van der Waals surface area contributed by atoms with Crippen molar-refractivity contribution in [3.8, 4) is 11.5 Å². The Bertz CT molecular complexity index is 1020. The second kappa shape index (κ2) is 11.9. The van der Waals surface area contributed by atoms with E-state index < -0.39 is 0 Å². The normalized spacial score (nSPS) is 10.8. The van der Waals surface area contributed by atoms with Crippen molar-refractivity contribution in [1.29, 1.82) is 0 Å². The van der Waals surface area contributed by atoms with Crippen LogP contribution in [0, 0.1) is 0 Å². The molecule has 0 aromatic heterocycles. The second-order valence-corrected chi connectivity index (χ2v) is 7.76. The third kappa shape index (κ3) is 6.49. The SMILES string of the molecule is CCN(CC)CCNC(=O)c1ccc(N(Cc2ccccc2)c2ccc(O)cc2)cc1OC. The van der Waals surface area contributed by atoms with Crippen LogP contribution in [0.3, 0.4) is 0 Å². The van der Waals surface area contributed by atoms with Gasteiger partial charge in [-0.25, -0.2) is 0 Å². The van der Waals surface area contributed by atoms with Crippen LogP contribution < -0.4 is 15.0 Å². The van der Waals surface area contributed by atoms with Crippen molar-refractivity contribution in [3.63, 3.8) is 0 Å². The number of phenolic OH excluding ortho intramolecular Hbond substituents is 1. The van der Waals surface area contributed by atoms with E-state index in [9.17, 15) is 9.90 Å². The Labute approximate surface area is 196 Å². The van der Waals surface area contributed by atoms with Gasteiger partial charge in [-0.15, -0.1) is 0 Å². The lowest BCUT2D eigenvalue weighted by molar-refractivity contribution is 0.0946. The number of methoxy groups -OCH3 is 1. The van der Waals surface area contributed by atoms with Crippen molar-refractivity contribution in [2.75, 3.05) is 38.2 Å². The van der Waals surface area contributed by atoms with Gasteiger partial charge in [0.2, 0.25) is 0 Å². The minimum Gasteiger partial charge on any atom is -0.508 e. The van der Waals surface area contributed by atoms with Crippen molar-refractivity contribution in [3.05, 3.63) is 83.9 Å². The zero-order valence-electron chi connectivity index (χ0n) is 19.6. The lowest BCUT2D eigenvalue weighted by Crippen LogP contribution is -2.34. The van der Waals surface area contributed by atoms with Crippen molar-refractivity contribution in [2.24, 2.45) is 0 Å². The number of carbonyl (C=O) groups is 1. The summed E-state index contributed by atoms with van der Waals surface area (Å²) < 4.78 is 5.59. The van der Waals surface area contributed by atoms with Gasteiger partial charge in [-0.3, -0.25) is 4.79 Å². The number of amides is 1. The molecule has 0 fully saturated rings. The van der Waals surface area contributed by atoms with E-state index in [4.69, 9.17) is 4.74 Å². The Hall–Kier alpha value is -3.51. The molecule has 0 heterocycles. The number of nitrogens with one attached hydrogen (secondary N) is 1. The van der Waals surface area contributed by atoms with Crippen LogP contribution in [0.2, 0.25) is 0 Å². The Kier molecular flexibility index (Phi) is 8.72. The van der Waals surface area contributed by atoms with E-state index in [1.54, 1.807) is 25.3 Å². The monoisotopic (exact) mass is 447 g/mol. The molecular weight excluding hydrogens is 414 g/mol. The molecule has 0 unspecified atom stereocenters. The van der Waals surface area contributed by atoms with E-state index in [0.29, 0.717) is 24.4 Å². The number of ether oxygens (including phenoxy) is 1. The molecule has 0 aliphatic carbocycles. The summed E-state index contributed by atoms with van der Waals surface area (Å²) >= 11 is 0. The number of anilines is 2. The first kappa shape index (κ1) is 24.1. The molecule has 0 atom stereocenters. The van der Waals surface area contributed by atoms with Crippen molar-refractivity contribution in [1.82, 2.24) is 10.2 Å². The van der Waals surface area contributed by atoms with Crippen molar-refractivity contribution >= 4 is 17.3 Å². The fourth-order valence-corrected chi connectivity index (χ4v) is 3.73. The van der Waals surface area contributed by atoms with Crippen LogP contribution in [0.1, 0.15) is 29.8 Å². The standard InChI is InChI=1S/C27H33N3O3/c1-4-29(5-2)18-17-28-27(32)25-16-13-23(19-26(25)33-3)30(20-21-9-7-6-8-10-21)22-11-14-24(31)15-12-22/h6-16,19,31H,4-5,17-18,20H2,1-3H3,(H,28,32). The van der Waals surface area contributed by atoms with Crippen LogP contribution in [0.5, 0.6) is 11.5 Å². The fourth-order valence-electron chi connectivity index (χ4n) is 3.73. The Morgan fingerprint density at radius 1 is 0.939 bits per heavy atom. The highest BCUT2D eigenvalue weighted by Crippen LogP contribution is 2.33. The number of nitrogens with zero attached hydrogens (tertiary/aromatic N) is 2. The molecular formula is C27H33N3O3. The van der Waals surface area contributed by atoms with Gasteiger partial charge in [0.05, 0.1) is 12.7 Å². The molecule has 33 heavy (non-hydrogen) atoms. The van der Waals surface area contributed by atoms with Gasteiger partial charge in [0.15, 0.2) is 0 Å². The summed E-state index contributed by atoms with van der Waals surface area (Å²) in [6.45, 7) is 8.16. The summed E-state index contributed by atoms with van der Waals surface area (Å²) in [6, 6.07) is 22.9. The van der Waals surface area contributed by atoms with Crippen LogP contribution in [0.4, 0.5) is 11.4 Å². The minimum absolute atomic E-state index is 0.148. The van der Waals surface area contributed by atoms with Gasteiger partial charge < -0.3 is 25.0 Å². The highest BCUT2D eigenvalue weighted by Gasteiger charge is 2.17. The van der Waals surface area contributed by atoms with Gasteiger partial charge in [0, 0.05) is 37.1 Å². The summed E-state index contributed by atoms with van der Waals surface area (Å²) in [5, 5.41) is 12.7. The largest absolute Gasteiger partial charge is 0.508 e. The molecule has 1 amide bonds. The first-order valence-corrected chi connectivity index (χ1v) is 11.3. The molecule has 0 aliphatic heterocycles. The predicted molar refractivity (Wildman–Crippen MR) is 134 cm³/mol. The molecule has 0 saturated carbocycles. The minimum atomic E-state index is -0.148. The number of hydrogen-bond donors (Lipinski definition) is 2. The maximum absolute atomic E-state index is 12.8. The molecule has 3 aromatic carbocycles. The molecule has 6 heteroatoms. The lowest BCUT2D eigenvalue weighted by atomic mass is 10.1. The summed E-state index contributed by atoms with van der Waals surface area (Å²) in [5.74, 6) is 0.585. The molecule has 0 bridgehead atoms. The quantitative estimate of drug-likeness (QED) is 0.442. The van der Waals surface area contributed by atoms with Gasteiger partial charge in [-0.1, -0.05) is 44.2 Å². The van der Waals surface area contributed by atoms with Gasteiger partial charge in [-0.2, -0.15) is 0 Å². The van der Waals surface area contributed by atoms with Crippen LogP contribution in [-0.2, 0) is 6.54 Å². The zero-order valence-corrected chi connectivity index (χ0v) is 19.6. The van der Waals surface area contributed by atoms with Gasteiger partial charge in [0.25, 0.3) is 5.91 Å². The Morgan fingerprint density at radius 3 is 2.24 bits per heavy atom. The number of phenols is 1. The third-order valence-electron chi connectivity index (χ3n) is 5.69. The fraction of sp³-hybridized carbons (Fsp3) is 0.296. The van der Waals surface area contributed by atoms with Crippen molar-refractivity contribution in [2.45, 2.75) is 20.4 Å². The Balaban J connectivity index is 1.85. The molecule has 0 spiro atoms. The molecule has 174 valence electrons. The summed E-state index contributed by atoms with van der Waals surface area (Å²) in [7, 11) is 1.58.